The summed E-state index contributed by atoms with van der Waals surface area (Å²) in [7, 11) is 1.57. The van der Waals surface area contributed by atoms with Gasteiger partial charge in [0.1, 0.15) is 5.02 Å². The molecule has 1 aliphatic heterocycles. The average Bonchev–Trinajstić information content (AvgIpc) is 2.99. The number of nitrogens with one attached hydrogen (secondary N) is 4. The predicted molar refractivity (Wildman–Crippen MR) is 156 cm³/mol. The summed E-state index contributed by atoms with van der Waals surface area (Å²) in [5, 5.41) is 11.9. The van der Waals surface area contributed by atoms with Crippen LogP contribution in [0.2, 0.25) is 5.02 Å². The Bertz CT molecular complexity index is 1370. The minimum Gasteiger partial charge on any atom is -0.368 e. The Morgan fingerprint density at radius 1 is 1.02 bits per heavy atom. The van der Waals surface area contributed by atoms with E-state index < -0.39 is 0 Å². The van der Waals surface area contributed by atoms with E-state index >= 15 is 0 Å². The van der Waals surface area contributed by atoms with Crippen LogP contribution in [-0.4, -0.2) is 72.4 Å². The van der Waals surface area contributed by atoms with E-state index in [4.69, 9.17) is 11.6 Å². The van der Waals surface area contributed by atoms with Crippen LogP contribution in [0.15, 0.2) is 67.4 Å². The van der Waals surface area contributed by atoms with Gasteiger partial charge in [0.15, 0.2) is 5.82 Å². The fourth-order valence-electron chi connectivity index (χ4n) is 4.19. The smallest absolute Gasteiger partial charge is 0.253 e. The van der Waals surface area contributed by atoms with E-state index in [1.165, 1.54) is 12.3 Å². The fraction of sp³-hybridized carbons (Fsp3) is 0.250. The standard InChI is InChI=1S/C28H31ClN8O3/c1-3-24(38)31-13-12-25(39)37-16-14-36(15-17-37)20-10-8-19(9-11-20)33-28-32-18-22(29)26(35-28)34-23-7-5-4-6-21(23)27(40)30-2/h3-11,18H,1,12-17H2,2H3,(H,30,40)(H,31,38)(H2,32,33,34,35). The van der Waals surface area contributed by atoms with Crippen LogP contribution in [0, 0.1) is 0 Å². The molecular formula is C28H31ClN8O3. The van der Waals surface area contributed by atoms with Crippen LogP contribution in [0.1, 0.15) is 16.8 Å². The van der Waals surface area contributed by atoms with Crippen molar-refractivity contribution in [1.82, 2.24) is 25.5 Å². The van der Waals surface area contributed by atoms with E-state index in [1.54, 1.807) is 25.2 Å². The summed E-state index contributed by atoms with van der Waals surface area (Å²) in [6.45, 7) is 6.36. The Morgan fingerprint density at radius 2 is 1.75 bits per heavy atom. The van der Waals surface area contributed by atoms with Gasteiger partial charge in [0.25, 0.3) is 5.91 Å². The van der Waals surface area contributed by atoms with Gasteiger partial charge in [0.05, 0.1) is 17.4 Å². The number of halogens is 1. The lowest BCUT2D eigenvalue weighted by atomic mass is 10.1. The van der Waals surface area contributed by atoms with Gasteiger partial charge in [-0.3, -0.25) is 14.4 Å². The monoisotopic (exact) mass is 562 g/mol. The highest BCUT2D eigenvalue weighted by atomic mass is 35.5. The molecule has 2 heterocycles. The number of anilines is 5. The van der Waals surface area contributed by atoms with E-state index in [1.807, 2.05) is 35.2 Å². The van der Waals surface area contributed by atoms with Crippen molar-refractivity contribution in [2.45, 2.75) is 6.42 Å². The van der Waals surface area contributed by atoms with Crippen molar-refractivity contribution in [2.24, 2.45) is 0 Å². The largest absolute Gasteiger partial charge is 0.368 e. The number of piperazine rings is 1. The third-order valence-corrected chi connectivity index (χ3v) is 6.62. The third-order valence-electron chi connectivity index (χ3n) is 6.34. The second-order valence-electron chi connectivity index (χ2n) is 8.92. The molecule has 0 spiro atoms. The highest BCUT2D eigenvalue weighted by molar-refractivity contribution is 6.33. The Morgan fingerprint density at radius 3 is 2.45 bits per heavy atom. The van der Waals surface area contributed by atoms with Crippen molar-refractivity contribution in [3.63, 3.8) is 0 Å². The van der Waals surface area contributed by atoms with Crippen LogP contribution in [-0.2, 0) is 9.59 Å². The first-order valence-corrected chi connectivity index (χ1v) is 13.2. The van der Waals surface area contributed by atoms with E-state index in [0.717, 1.165) is 11.4 Å². The van der Waals surface area contributed by atoms with Gasteiger partial charge in [0.2, 0.25) is 17.8 Å². The second-order valence-corrected chi connectivity index (χ2v) is 9.33. The van der Waals surface area contributed by atoms with Crippen LogP contribution in [0.5, 0.6) is 0 Å². The Kier molecular flexibility index (Phi) is 9.53. The van der Waals surface area contributed by atoms with E-state index in [-0.39, 0.29) is 24.1 Å². The summed E-state index contributed by atoms with van der Waals surface area (Å²) in [5.41, 5.74) is 2.87. The molecular weight excluding hydrogens is 532 g/mol. The van der Waals surface area contributed by atoms with Crippen molar-refractivity contribution in [3.8, 4) is 0 Å². The van der Waals surface area contributed by atoms with E-state index in [2.05, 4.69) is 42.7 Å². The lowest BCUT2D eigenvalue weighted by Crippen LogP contribution is -2.49. The van der Waals surface area contributed by atoms with Gasteiger partial charge in [-0.2, -0.15) is 4.98 Å². The molecule has 1 aromatic heterocycles. The predicted octanol–water partition coefficient (Wildman–Crippen LogP) is 3.32. The minimum atomic E-state index is -0.279. The number of aromatic nitrogens is 2. The Labute approximate surface area is 237 Å². The first-order valence-electron chi connectivity index (χ1n) is 12.8. The van der Waals surface area contributed by atoms with Crippen molar-refractivity contribution in [3.05, 3.63) is 78.0 Å². The maximum absolute atomic E-state index is 12.4. The molecule has 0 unspecified atom stereocenters. The van der Waals surface area contributed by atoms with Gasteiger partial charge >= 0.3 is 0 Å². The summed E-state index contributed by atoms with van der Waals surface area (Å²) in [6.07, 6.45) is 2.95. The molecule has 4 N–H and O–H groups in total. The van der Waals surface area contributed by atoms with Gasteiger partial charge in [0, 0.05) is 57.6 Å². The molecule has 0 aliphatic carbocycles. The summed E-state index contributed by atoms with van der Waals surface area (Å²) >= 11 is 6.33. The Hall–Kier alpha value is -4.64. The zero-order chi connectivity index (χ0) is 28.5. The fourth-order valence-corrected chi connectivity index (χ4v) is 4.33. The molecule has 1 saturated heterocycles. The number of amides is 3. The molecule has 1 aliphatic rings. The zero-order valence-electron chi connectivity index (χ0n) is 22.1. The molecule has 40 heavy (non-hydrogen) atoms. The molecule has 0 atom stereocenters. The van der Waals surface area contributed by atoms with Crippen LogP contribution in [0.4, 0.5) is 28.8 Å². The lowest BCUT2D eigenvalue weighted by Gasteiger charge is -2.36. The number of nitrogens with zero attached hydrogens (tertiary/aromatic N) is 4. The molecule has 0 saturated carbocycles. The quantitative estimate of drug-likeness (QED) is 0.277. The number of hydrogen-bond donors (Lipinski definition) is 4. The third kappa shape index (κ3) is 7.26. The molecule has 1 fully saturated rings. The first-order chi connectivity index (χ1) is 19.4. The van der Waals surface area contributed by atoms with Crippen molar-refractivity contribution < 1.29 is 14.4 Å². The van der Waals surface area contributed by atoms with Gasteiger partial charge in [-0.05, 0) is 42.5 Å². The molecule has 4 rings (SSSR count). The number of benzene rings is 2. The zero-order valence-corrected chi connectivity index (χ0v) is 22.9. The summed E-state index contributed by atoms with van der Waals surface area (Å²) in [6, 6.07) is 14.9. The lowest BCUT2D eigenvalue weighted by molar-refractivity contribution is -0.131. The number of rotatable bonds is 10. The number of para-hydroxylation sites is 1. The van der Waals surface area contributed by atoms with E-state index in [0.29, 0.717) is 60.8 Å². The van der Waals surface area contributed by atoms with Crippen LogP contribution in [0.25, 0.3) is 0 Å². The molecule has 3 aromatic rings. The molecule has 12 heteroatoms. The highest BCUT2D eigenvalue weighted by Gasteiger charge is 2.21. The molecule has 208 valence electrons. The summed E-state index contributed by atoms with van der Waals surface area (Å²) < 4.78 is 0. The maximum atomic E-state index is 12.4. The summed E-state index contributed by atoms with van der Waals surface area (Å²) in [5.74, 6) is 0.224. The van der Waals surface area contributed by atoms with Crippen LogP contribution in [0.3, 0.4) is 0 Å². The van der Waals surface area contributed by atoms with E-state index in [9.17, 15) is 14.4 Å². The normalized spacial score (nSPS) is 12.8. The van der Waals surface area contributed by atoms with Gasteiger partial charge in [-0.15, -0.1) is 0 Å². The van der Waals surface area contributed by atoms with Gasteiger partial charge in [-0.25, -0.2) is 4.98 Å². The average molecular weight is 563 g/mol. The second kappa shape index (κ2) is 13.4. The van der Waals surface area contributed by atoms with Crippen LogP contribution < -0.4 is 26.2 Å². The minimum absolute atomic E-state index is 0.0255. The SMILES string of the molecule is C=CC(=O)NCCC(=O)N1CCN(c2ccc(Nc3ncc(Cl)c(Nc4ccccc4C(=O)NC)n3)cc2)CC1. The topological polar surface area (TPSA) is 132 Å². The van der Waals surface area contributed by atoms with Crippen LogP contribution >= 0.6 is 11.6 Å². The molecule has 2 aromatic carbocycles. The Balaban J connectivity index is 1.33. The molecule has 11 nitrogen and oxygen atoms in total. The van der Waals surface area contributed by atoms with Crippen molar-refractivity contribution >= 4 is 58.2 Å². The number of carbonyl (C=O) groups excluding carboxylic acids is 3. The van der Waals surface area contributed by atoms with Crippen molar-refractivity contribution in [2.75, 3.05) is 55.3 Å². The van der Waals surface area contributed by atoms with Gasteiger partial charge < -0.3 is 31.1 Å². The first kappa shape index (κ1) is 28.4. The molecule has 0 bridgehead atoms. The molecule has 0 radical (unpaired) electrons. The van der Waals surface area contributed by atoms with Gasteiger partial charge in [-0.1, -0.05) is 30.3 Å². The highest BCUT2D eigenvalue weighted by Crippen LogP contribution is 2.27. The molecule has 3 amide bonds. The summed E-state index contributed by atoms with van der Waals surface area (Å²) in [4.78, 5) is 48.7. The van der Waals surface area contributed by atoms with Crippen molar-refractivity contribution in [1.29, 1.82) is 0 Å². The maximum Gasteiger partial charge on any atom is 0.253 e. The number of carbonyl (C=O) groups is 3. The number of hydrogen-bond acceptors (Lipinski definition) is 8.